The van der Waals surface area contributed by atoms with E-state index >= 15 is 0 Å². The molecule has 3 aromatic rings. The van der Waals surface area contributed by atoms with Crippen molar-refractivity contribution in [2.75, 3.05) is 12.4 Å². The van der Waals surface area contributed by atoms with E-state index in [9.17, 15) is 4.79 Å². The zero-order valence-electron chi connectivity index (χ0n) is 10.5. The van der Waals surface area contributed by atoms with Crippen LogP contribution in [0.2, 0.25) is 0 Å². The van der Waals surface area contributed by atoms with Gasteiger partial charge in [-0.15, -0.1) is 10.2 Å². The molecule has 0 spiro atoms. The largest absolute Gasteiger partial charge is 0.363 e. The molecule has 2 heterocycles. The number of halogens is 1. The first-order valence-corrected chi connectivity index (χ1v) is 7.43. The maximum atomic E-state index is 12.4. The first-order valence-electron chi connectivity index (χ1n) is 5.82. The fraction of sp³-hybridized carbons (Fsp3) is 0.167. The van der Waals surface area contributed by atoms with Crippen LogP contribution < -0.4 is 10.9 Å². The van der Waals surface area contributed by atoms with Crippen molar-refractivity contribution in [2.45, 2.75) is 6.54 Å². The van der Waals surface area contributed by atoms with Gasteiger partial charge in [0.2, 0.25) is 5.13 Å². The lowest BCUT2D eigenvalue weighted by atomic mass is 10.2. The number of fused-ring (bicyclic) bond motifs is 1. The van der Waals surface area contributed by atoms with Crippen molar-refractivity contribution < 1.29 is 0 Å². The van der Waals surface area contributed by atoms with E-state index in [4.69, 9.17) is 0 Å². The van der Waals surface area contributed by atoms with E-state index < -0.39 is 0 Å². The van der Waals surface area contributed by atoms with Gasteiger partial charge >= 0.3 is 0 Å². The second-order valence-corrected chi connectivity index (χ2v) is 6.07. The molecule has 0 unspecified atom stereocenters. The van der Waals surface area contributed by atoms with E-state index in [-0.39, 0.29) is 5.56 Å². The van der Waals surface area contributed by atoms with Crippen molar-refractivity contribution in [3.8, 4) is 0 Å². The molecule has 0 aliphatic carbocycles. The zero-order valence-corrected chi connectivity index (χ0v) is 12.9. The molecule has 3 rings (SSSR count). The minimum absolute atomic E-state index is 0.0856. The summed E-state index contributed by atoms with van der Waals surface area (Å²) in [5, 5.41) is 13.0. The first-order chi connectivity index (χ1) is 9.67. The predicted octanol–water partition coefficient (Wildman–Crippen LogP) is 2.10. The highest BCUT2D eigenvalue weighted by molar-refractivity contribution is 9.10. The molecular formula is C12H10BrN5OS. The Morgan fingerprint density at radius 3 is 3.00 bits per heavy atom. The van der Waals surface area contributed by atoms with Crippen LogP contribution in [0, 0.1) is 0 Å². The number of rotatable bonds is 3. The van der Waals surface area contributed by atoms with Crippen LogP contribution in [0.1, 0.15) is 5.01 Å². The average Bonchev–Trinajstić information content (AvgIpc) is 2.90. The van der Waals surface area contributed by atoms with E-state index in [0.29, 0.717) is 17.4 Å². The first kappa shape index (κ1) is 13.2. The van der Waals surface area contributed by atoms with Gasteiger partial charge in [-0.2, -0.15) is 0 Å². The Hall–Kier alpha value is -1.80. The molecule has 0 bridgehead atoms. The van der Waals surface area contributed by atoms with Gasteiger partial charge in [0.25, 0.3) is 5.56 Å². The topological polar surface area (TPSA) is 72.7 Å². The second-order valence-electron chi connectivity index (χ2n) is 4.09. The van der Waals surface area contributed by atoms with Crippen LogP contribution in [-0.2, 0) is 6.54 Å². The number of aromatic nitrogens is 4. The molecule has 0 saturated heterocycles. The minimum Gasteiger partial charge on any atom is -0.363 e. The molecule has 0 fully saturated rings. The average molecular weight is 352 g/mol. The molecule has 20 heavy (non-hydrogen) atoms. The maximum Gasteiger partial charge on any atom is 0.261 e. The van der Waals surface area contributed by atoms with Gasteiger partial charge in [0.1, 0.15) is 5.01 Å². The van der Waals surface area contributed by atoms with Gasteiger partial charge in [-0.3, -0.25) is 9.36 Å². The monoisotopic (exact) mass is 351 g/mol. The Morgan fingerprint density at radius 2 is 2.25 bits per heavy atom. The molecule has 6 nitrogen and oxygen atoms in total. The standard InChI is InChI=1S/C12H10BrN5OS/c1-14-12-17-16-10(20-12)5-18-6-15-9-3-2-7(13)4-8(9)11(18)19/h2-4,6H,5H2,1H3,(H,14,17). The highest BCUT2D eigenvalue weighted by atomic mass is 79.9. The fourth-order valence-electron chi connectivity index (χ4n) is 1.81. The molecule has 0 atom stereocenters. The SMILES string of the molecule is CNc1nnc(Cn2cnc3ccc(Br)cc3c2=O)s1. The predicted molar refractivity (Wildman–Crippen MR) is 82.3 cm³/mol. The normalized spacial score (nSPS) is 10.9. The third kappa shape index (κ3) is 2.44. The van der Waals surface area contributed by atoms with E-state index in [1.807, 2.05) is 12.1 Å². The van der Waals surface area contributed by atoms with Crippen molar-refractivity contribution in [3.63, 3.8) is 0 Å². The Bertz CT molecular complexity index is 828. The molecule has 0 saturated carbocycles. The summed E-state index contributed by atoms with van der Waals surface area (Å²) in [7, 11) is 1.78. The third-order valence-electron chi connectivity index (χ3n) is 2.77. The van der Waals surface area contributed by atoms with Crippen LogP contribution in [0.15, 0.2) is 33.8 Å². The summed E-state index contributed by atoms with van der Waals surface area (Å²) < 4.78 is 2.39. The Morgan fingerprint density at radius 1 is 1.40 bits per heavy atom. The molecule has 102 valence electrons. The Balaban J connectivity index is 2.03. The summed E-state index contributed by atoms with van der Waals surface area (Å²) in [6.45, 7) is 0.369. The van der Waals surface area contributed by atoms with Crippen molar-refractivity contribution >= 4 is 43.3 Å². The van der Waals surface area contributed by atoms with Crippen molar-refractivity contribution in [1.29, 1.82) is 0 Å². The van der Waals surface area contributed by atoms with Crippen molar-refractivity contribution in [3.05, 3.63) is 44.4 Å². The minimum atomic E-state index is -0.0856. The number of hydrogen-bond donors (Lipinski definition) is 1. The van der Waals surface area contributed by atoms with Crippen molar-refractivity contribution in [1.82, 2.24) is 19.7 Å². The molecule has 0 amide bonds. The second kappa shape index (κ2) is 5.29. The summed E-state index contributed by atoms with van der Waals surface area (Å²) in [6.07, 6.45) is 1.54. The van der Waals surface area contributed by atoms with Gasteiger partial charge in [0, 0.05) is 11.5 Å². The van der Waals surface area contributed by atoms with E-state index in [1.54, 1.807) is 19.4 Å². The van der Waals surface area contributed by atoms with Crippen LogP contribution in [-0.4, -0.2) is 26.8 Å². The zero-order chi connectivity index (χ0) is 14.1. The fourth-order valence-corrected chi connectivity index (χ4v) is 2.86. The number of nitrogens with one attached hydrogen (secondary N) is 1. The highest BCUT2D eigenvalue weighted by Gasteiger charge is 2.08. The highest BCUT2D eigenvalue weighted by Crippen LogP contribution is 2.17. The number of hydrogen-bond acceptors (Lipinski definition) is 6. The van der Waals surface area contributed by atoms with Gasteiger partial charge in [0.15, 0.2) is 0 Å². The van der Waals surface area contributed by atoms with Crippen LogP contribution in [0.5, 0.6) is 0 Å². The van der Waals surface area contributed by atoms with E-state index in [1.165, 1.54) is 15.9 Å². The lowest BCUT2D eigenvalue weighted by Crippen LogP contribution is -2.21. The lowest BCUT2D eigenvalue weighted by molar-refractivity contribution is 0.734. The van der Waals surface area contributed by atoms with E-state index in [0.717, 1.165) is 14.6 Å². The number of anilines is 1. The quantitative estimate of drug-likeness (QED) is 0.782. The van der Waals surface area contributed by atoms with Crippen LogP contribution >= 0.6 is 27.3 Å². The summed E-state index contributed by atoms with van der Waals surface area (Å²) in [5.74, 6) is 0. The van der Waals surface area contributed by atoms with Gasteiger partial charge in [-0.25, -0.2) is 4.98 Å². The molecular weight excluding hydrogens is 342 g/mol. The third-order valence-corrected chi connectivity index (χ3v) is 4.19. The Labute approximate surface area is 126 Å². The molecule has 1 N–H and O–H groups in total. The molecule has 0 radical (unpaired) electrons. The lowest BCUT2D eigenvalue weighted by Gasteiger charge is -2.04. The maximum absolute atomic E-state index is 12.4. The number of benzene rings is 1. The summed E-state index contributed by atoms with van der Waals surface area (Å²) >= 11 is 4.78. The van der Waals surface area contributed by atoms with Gasteiger partial charge in [0.05, 0.1) is 23.8 Å². The molecule has 0 aliphatic heterocycles. The van der Waals surface area contributed by atoms with Gasteiger partial charge < -0.3 is 5.32 Å². The van der Waals surface area contributed by atoms with Crippen LogP contribution in [0.25, 0.3) is 10.9 Å². The summed E-state index contributed by atoms with van der Waals surface area (Å²) in [6, 6.07) is 5.46. The molecule has 8 heteroatoms. The summed E-state index contributed by atoms with van der Waals surface area (Å²) in [4.78, 5) is 16.7. The van der Waals surface area contributed by atoms with Gasteiger partial charge in [-0.1, -0.05) is 27.3 Å². The smallest absolute Gasteiger partial charge is 0.261 e. The van der Waals surface area contributed by atoms with E-state index in [2.05, 4.69) is 36.4 Å². The van der Waals surface area contributed by atoms with Crippen LogP contribution in [0.4, 0.5) is 5.13 Å². The number of nitrogens with zero attached hydrogens (tertiary/aromatic N) is 4. The molecule has 1 aromatic carbocycles. The molecule has 2 aromatic heterocycles. The van der Waals surface area contributed by atoms with Crippen molar-refractivity contribution in [2.24, 2.45) is 0 Å². The van der Waals surface area contributed by atoms with Crippen LogP contribution in [0.3, 0.4) is 0 Å². The Kier molecular flexibility index (Phi) is 3.49. The van der Waals surface area contributed by atoms with Gasteiger partial charge in [-0.05, 0) is 18.2 Å². The summed E-state index contributed by atoms with van der Waals surface area (Å²) in [5.41, 5.74) is 0.597. The molecule has 0 aliphatic rings.